The van der Waals surface area contributed by atoms with Gasteiger partial charge in [0.2, 0.25) is 0 Å². The van der Waals surface area contributed by atoms with E-state index in [-0.39, 0.29) is 5.97 Å². The van der Waals surface area contributed by atoms with Crippen LogP contribution in [0.5, 0.6) is 0 Å². The van der Waals surface area contributed by atoms with Crippen LogP contribution in [0.25, 0.3) is 0 Å². The molecule has 1 aromatic rings. The standard InChI is InChI=1S/C14H16N2O4/c1-20-14(17)13-8-7-12(10-16(18)19)15(13)9-11-5-3-2-4-6-11/h2-6,10,13H,7-9H2,1H3/t13-/m0/s1. The first kappa shape index (κ1) is 14.0. The van der Waals surface area contributed by atoms with Crippen LogP contribution in [0.1, 0.15) is 18.4 Å². The Balaban J connectivity index is 2.24. The van der Waals surface area contributed by atoms with Crippen molar-refractivity contribution in [2.45, 2.75) is 25.4 Å². The van der Waals surface area contributed by atoms with Gasteiger partial charge in [-0.3, -0.25) is 10.1 Å². The summed E-state index contributed by atoms with van der Waals surface area (Å²) in [6, 6.07) is 9.10. The van der Waals surface area contributed by atoms with Gasteiger partial charge in [0.1, 0.15) is 6.04 Å². The van der Waals surface area contributed by atoms with E-state index in [0.29, 0.717) is 25.1 Å². The Morgan fingerprint density at radius 3 is 2.80 bits per heavy atom. The molecule has 20 heavy (non-hydrogen) atoms. The van der Waals surface area contributed by atoms with Crippen LogP contribution in [-0.2, 0) is 16.1 Å². The van der Waals surface area contributed by atoms with E-state index in [1.54, 1.807) is 4.90 Å². The lowest BCUT2D eigenvalue weighted by Gasteiger charge is -2.25. The van der Waals surface area contributed by atoms with Gasteiger partial charge in [-0.15, -0.1) is 0 Å². The van der Waals surface area contributed by atoms with Crippen LogP contribution < -0.4 is 0 Å². The van der Waals surface area contributed by atoms with Crippen LogP contribution in [0.15, 0.2) is 42.2 Å². The molecule has 0 unspecified atom stereocenters. The topological polar surface area (TPSA) is 72.7 Å². The summed E-state index contributed by atoms with van der Waals surface area (Å²) in [4.78, 5) is 23.7. The van der Waals surface area contributed by atoms with E-state index in [9.17, 15) is 14.9 Å². The van der Waals surface area contributed by atoms with Crippen molar-refractivity contribution in [1.82, 2.24) is 4.90 Å². The number of carbonyl (C=O) groups excluding carboxylic acids is 1. The zero-order chi connectivity index (χ0) is 14.5. The summed E-state index contributed by atoms with van der Waals surface area (Å²) in [6.07, 6.45) is 2.03. The fraction of sp³-hybridized carbons (Fsp3) is 0.357. The van der Waals surface area contributed by atoms with Gasteiger partial charge in [0.05, 0.1) is 17.7 Å². The molecule has 0 radical (unpaired) electrons. The molecule has 1 fully saturated rings. The fourth-order valence-electron chi connectivity index (χ4n) is 2.42. The van der Waals surface area contributed by atoms with Crippen molar-refractivity contribution < 1.29 is 14.5 Å². The number of methoxy groups -OCH3 is 1. The van der Waals surface area contributed by atoms with Gasteiger partial charge in [-0.2, -0.15) is 0 Å². The van der Waals surface area contributed by atoms with Gasteiger partial charge in [-0.05, 0) is 18.4 Å². The van der Waals surface area contributed by atoms with Crippen molar-refractivity contribution in [3.05, 3.63) is 57.9 Å². The molecule has 1 saturated heterocycles. The maximum atomic E-state index is 11.8. The van der Waals surface area contributed by atoms with E-state index in [1.165, 1.54) is 7.11 Å². The first-order chi connectivity index (χ1) is 9.61. The largest absolute Gasteiger partial charge is 0.467 e. The summed E-state index contributed by atoms with van der Waals surface area (Å²) >= 11 is 0. The Morgan fingerprint density at radius 2 is 2.20 bits per heavy atom. The van der Waals surface area contributed by atoms with Gasteiger partial charge >= 0.3 is 5.97 Å². The second-order valence-electron chi connectivity index (χ2n) is 4.60. The number of nitro groups is 1. The maximum absolute atomic E-state index is 11.8. The summed E-state index contributed by atoms with van der Waals surface area (Å²) < 4.78 is 4.78. The molecule has 0 amide bonds. The number of benzene rings is 1. The summed E-state index contributed by atoms with van der Waals surface area (Å²) in [5, 5.41) is 10.7. The Hall–Kier alpha value is -2.37. The highest BCUT2D eigenvalue weighted by atomic mass is 16.6. The highest BCUT2D eigenvalue weighted by Gasteiger charge is 2.35. The van der Waals surface area contributed by atoms with Gasteiger partial charge < -0.3 is 9.64 Å². The van der Waals surface area contributed by atoms with Gasteiger partial charge in [0.15, 0.2) is 0 Å². The predicted molar refractivity (Wildman–Crippen MR) is 72.1 cm³/mol. The lowest BCUT2D eigenvalue weighted by molar-refractivity contribution is -0.404. The first-order valence-corrected chi connectivity index (χ1v) is 6.34. The highest BCUT2D eigenvalue weighted by molar-refractivity contribution is 5.76. The summed E-state index contributed by atoms with van der Waals surface area (Å²) in [5.41, 5.74) is 1.56. The number of esters is 1. The average Bonchev–Trinajstić information content (AvgIpc) is 2.81. The van der Waals surface area contributed by atoms with Crippen molar-refractivity contribution in [1.29, 1.82) is 0 Å². The number of hydrogen-bond acceptors (Lipinski definition) is 5. The van der Waals surface area contributed by atoms with Gasteiger partial charge in [0.25, 0.3) is 6.20 Å². The monoisotopic (exact) mass is 276 g/mol. The summed E-state index contributed by atoms with van der Waals surface area (Å²) in [5.74, 6) is -0.354. The van der Waals surface area contributed by atoms with Crippen molar-refractivity contribution in [2.75, 3.05) is 7.11 Å². The average molecular weight is 276 g/mol. The van der Waals surface area contributed by atoms with Gasteiger partial charge in [0, 0.05) is 6.54 Å². The first-order valence-electron chi connectivity index (χ1n) is 6.34. The van der Waals surface area contributed by atoms with E-state index in [1.807, 2.05) is 30.3 Å². The third-order valence-electron chi connectivity index (χ3n) is 3.34. The van der Waals surface area contributed by atoms with Crippen LogP contribution in [-0.4, -0.2) is 28.9 Å². The molecule has 106 valence electrons. The van der Waals surface area contributed by atoms with Crippen LogP contribution >= 0.6 is 0 Å². The molecule has 1 heterocycles. The Morgan fingerprint density at radius 1 is 1.50 bits per heavy atom. The minimum atomic E-state index is -0.479. The second-order valence-corrected chi connectivity index (χ2v) is 4.60. The zero-order valence-electron chi connectivity index (χ0n) is 11.2. The number of carbonyl (C=O) groups is 1. The molecule has 0 bridgehead atoms. The molecule has 6 heteroatoms. The highest BCUT2D eigenvalue weighted by Crippen LogP contribution is 2.30. The predicted octanol–water partition coefficient (Wildman–Crippen LogP) is 1.94. The number of nitrogens with zero attached hydrogens (tertiary/aromatic N) is 2. The second kappa shape index (κ2) is 6.18. The molecule has 0 aromatic heterocycles. The molecule has 2 rings (SSSR count). The maximum Gasteiger partial charge on any atom is 0.328 e. The Bertz CT molecular complexity index is 527. The Labute approximate surface area is 116 Å². The molecule has 0 N–H and O–H groups in total. The quantitative estimate of drug-likeness (QED) is 0.477. The van der Waals surface area contributed by atoms with E-state index in [0.717, 1.165) is 11.8 Å². The Kier molecular flexibility index (Phi) is 4.34. The molecule has 6 nitrogen and oxygen atoms in total. The summed E-state index contributed by atoms with van der Waals surface area (Å²) in [6.45, 7) is 0.459. The van der Waals surface area contributed by atoms with Crippen LogP contribution in [0, 0.1) is 10.1 Å². The number of allylic oxidation sites excluding steroid dienone is 1. The third kappa shape index (κ3) is 3.14. The smallest absolute Gasteiger partial charge is 0.328 e. The van der Waals surface area contributed by atoms with Gasteiger partial charge in [-0.1, -0.05) is 30.3 Å². The molecule has 1 aromatic carbocycles. The van der Waals surface area contributed by atoms with Crippen molar-refractivity contribution in [3.63, 3.8) is 0 Å². The van der Waals surface area contributed by atoms with E-state index < -0.39 is 11.0 Å². The summed E-state index contributed by atoms with van der Waals surface area (Å²) in [7, 11) is 1.33. The minimum Gasteiger partial charge on any atom is -0.467 e. The number of ether oxygens (including phenoxy) is 1. The molecular formula is C14H16N2O4. The van der Waals surface area contributed by atoms with Crippen molar-refractivity contribution >= 4 is 5.97 Å². The molecule has 1 aliphatic heterocycles. The van der Waals surface area contributed by atoms with Crippen molar-refractivity contribution in [2.24, 2.45) is 0 Å². The number of hydrogen-bond donors (Lipinski definition) is 0. The number of likely N-dealkylation sites (tertiary alicyclic amines) is 1. The van der Waals surface area contributed by atoms with Crippen LogP contribution in [0.2, 0.25) is 0 Å². The lowest BCUT2D eigenvalue weighted by Crippen LogP contribution is -2.35. The molecule has 0 saturated carbocycles. The van der Waals surface area contributed by atoms with Crippen molar-refractivity contribution in [3.8, 4) is 0 Å². The van der Waals surface area contributed by atoms with E-state index in [2.05, 4.69) is 0 Å². The van der Waals surface area contributed by atoms with E-state index in [4.69, 9.17) is 4.74 Å². The van der Waals surface area contributed by atoms with Crippen LogP contribution in [0.4, 0.5) is 0 Å². The van der Waals surface area contributed by atoms with Crippen LogP contribution in [0.3, 0.4) is 0 Å². The normalized spacial score (nSPS) is 20.1. The molecule has 0 spiro atoms. The zero-order valence-corrected chi connectivity index (χ0v) is 11.2. The minimum absolute atomic E-state index is 0.354. The fourth-order valence-corrected chi connectivity index (χ4v) is 2.42. The molecule has 1 atom stereocenters. The molecule has 0 aliphatic carbocycles. The SMILES string of the molecule is COC(=O)[C@@H]1CCC(=C[N+](=O)[O-])N1Cc1ccccc1. The lowest BCUT2D eigenvalue weighted by atomic mass is 10.2. The number of rotatable bonds is 4. The van der Waals surface area contributed by atoms with Gasteiger partial charge in [-0.25, -0.2) is 4.79 Å². The molecule has 1 aliphatic rings. The van der Waals surface area contributed by atoms with E-state index >= 15 is 0 Å². The third-order valence-corrected chi connectivity index (χ3v) is 3.34. The molecular weight excluding hydrogens is 260 g/mol.